The number of para-hydroxylation sites is 1. The number of carbonyl (C=O) groups excluding carboxylic acids is 2. The molecule has 0 radical (unpaired) electrons. The molecule has 4 rings (SSSR count). The third-order valence-corrected chi connectivity index (χ3v) is 5.96. The van der Waals surface area contributed by atoms with Crippen LogP contribution in [0, 0.1) is 18.7 Å². The molecule has 2 heterocycles. The van der Waals surface area contributed by atoms with E-state index in [1.54, 1.807) is 17.0 Å². The fourth-order valence-electron chi connectivity index (χ4n) is 3.43. The van der Waals surface area contributed by atoms with Crippen molar-refractivity contribution < 1.29 is 14.0 Å². The van der Waals surface area contributed by atoms with E-state index >= 15 is 0 Å². The Hall–Kier alpha value is -2.80. The molecule has 0 saturated carbocycles. The number of fused-ring (bicyclic) bond motifs is 1. The van der Waals surface area contributed by atoms with E-state index in [1.807, 2.05) is 25.1 Å². The van der Waals surface area contributed by atoms with Crippen molar-refractivity contribution in [1.29, 1.82) is 0 Å². The summed E-state index contributed by atoms with van der Waals surface area (Å²) >= 11 is 1.44. The van der Waals surface area contributed by atoms with Crippen LogP contribution in [-0.4, -0.2) is 34.8 Å². The third kappa shape index (κ3) is 3.89. The summed E-state index contributed by atoms with van der Waals surface area (Å²) < 4.78 is 14.0. The molecule has 1 unspecified atom stereocenters. The summed E-state index contributed by atoms with van der Waals surface area (Å²) in [7, 11) is 0. The zero-order chi connectivity index (χ0) is 19.7. The SMILES string of the molecule is Cc1cccc2sc(NC(=O)C3CC(=O)N(CCc4ccc(F)cc4)C3)nc12. The molecule has 1 saturated heterocycles. The van der Waals surface area contributed by atoms with E-state index in [1.165, 1.54) is 23.5 Å². The fourth-order valence-corrected chi connectivity index (χ4v) is 4.37. The Morgan fingerprint density at radius 1 is 1.29 bits per heavy atom. The smallest absolute Gasteiger partial charge is 0.231 e. The van der Waals surface area contributed by atoms with Gasteiger partial charge in [-0.1, -0.05) is 35.6 Å². The van der Waals surface area contributed by atoms with E-state index in [9.17, 15) is 14.0 Å². The molecule has 1 aromatic heterocycles. The number of hydrogen-bond acceptors (Lipinski definition) is 4. The fraction of sp³-hybridized carbons (Fsp3) is 0.286. The second-order valence-corrected chi connectivity index (χ2v) is 8.08. The van der Waals surface area contributed by atoms with E-state index in [4.69, 9.17) is 0 Å². The number of thiazole rings is 1. The lowest BCUT2D eigenvalue weighted by atomic mass is 10.1. The van der Waals surface area contributed by atoms with Crippen molar-refractivity contribution in [2.75, 3.05) is 18.4 Å². The summed E-state index contributed by atoms with van der Waals surface area (Å²) in [6, 6.07) is 12.2. The van der Waals surface area contributed by atoms with Gasteiger partial charge in [-0.05, 0) is 42.7 Å². The Morgan fingerprint density at radius 3 is 2.82 bits per heavy atom. The molecule has 0 spiro atoms. The standard InChI is InChI=1S/C21H20FN3O2S/c1-13-3-2-4-17-19(13)23-21(28-17)24-20(27)15-11-18(26)25(12-15)10-9-14-5-7-16(22)8-6-14/h2-8,15H,9-12H2,1H3,(H,23,24,27). The normalized spacial score (nSPS) is 16.7. The van der Waals surface area contributed by atoms with Gasteiger partial charge in [-0.2, -0.15) is 0 Å². The van der Waals surface area contributed by atoms with Crippen molar-refractivity contribution in [3.8, 4) is 0 Å². The predicted molar refractivity (Wildman–Crippen MR) is 108 cm³/mol. The number of hydrogen-bond donors (Lipinski definition) is 1. The van der Waals surface area contributed by atoms with Crippen molar-refractivity contribution in [3.05, 3.63) is 59.4 Å². The summed E-state index contributed by atoms with van der Waals surface area (Å²) in [4.78, 5) is 31.1. The Balaban J connectivity index is 1.36. The lowest BCUT2D eigenvalue weighted by Crippen LogP contribution is -2.30. The van der Waals surface area contributed by atoms with Crippen LogP contribution >= 0.6 is 11.3 Å². The van der Waals surface area contributed by atoms with E-state index in [0.717, 1.165) is 21.3 Å². The van der Waals surface area contributed by atoms with Gasteiger partial charge in [0.25, 0.3) is 0 Å². The quantitative estimate of drug-likeness (QED) is 0.713. The molecule has 0 aliphatic carbocycles. The van der Waals surface area contributed by atoms with E-state index < -0.39 is 0 Å². The topological polar surface area (TPSA) is 62.3 Å². The molecule has 2 aromatic carbocycles. The molecule has 1 aliphatic heterocycles. The lowest BCUT2D eigenvalue weighted by Gasteiger charge is -2.16. The van der Waals surface area contributed by atoms with Crippen molar-refractivity contribution in [2.45, 2.75) is 19.8 Å². The number of nitrogens with zero attached hydrogens (tertiary/aromatic N) is 2. The first kappa shape index (κ1) is 18.6. The van der Waals surface area contributed by atoms with Gasteiger partial charge in [-0.15, -0.1) is 0 Å². The molecule has 0 bridgehead atoms. The van der Waals surface area contributed by atoms with Crippen molar-refractivity contribution >= 4 is 38.5 Å². The highest BCUT2D eigenvalue weighted by Gasteiger charge is 2.34. The minimum Gasteiger partial charge on any atom is -0.342 e. The van der Waals surface area contributed by atoms with E-state index in [0.29, 0.717) is 24.6 Å². The Kier molecular flexibility index (Phi) is 5.09. The first-order valence-electron chi connectivity index (χ1n) is 9.19. The molecule has 1 atom stereocenters. The maximum Gasteiger partial charge on any atom is 0.231 e. The molecule has 1 fully saturated rings. The van der Waals surface area contributed by atoms with E-state index in [2.05, 4.69) is 10.3 Å². The predicted octanol–water partition coefficient (Wildman–Crippen LogP) is 3.77. The second kappa shape index (κ2) is 7.67. The number of aryl methyl sites for hydroxylation is 1. The number of carbonyl (C=O) groups is 2. The van der Waals surface area contributed by atoms with Gasteiger partial charge in [0.2, 0.25) is 11.8 Å². The van der Waals surface area contributed by atoms with Gasteiger partial charge >= 0.3 is 0 Å². The molecule has 3 aromatic rings. The van der Waals surface area contributed by atoms with Gasteiger partial charge in [0, 0.05) is 19.5 Å². The van der Waals surface area contributed by atoms with Gasteiger partial charge < -0.3 is 10.2 Å². The summed E-state index contributed by atoms with van der Waals surface area (Å²) in [5, 5.41) is 3.43. The number of amides is 2. The lowest BCUT2D eigenvalue weighted by molar-refractivity contribution is -0.128. The molecular weight excluding hydrogens is 377 g/mol. The van der Waals surface area contributed by atoms with Crippen LogP contribution in [0.15, 0.2) is 42.5 Å². The maximum atomic E-state index is 13.0. The van der Waals surface area contributed by atoms with Crippen LogP contribution < -0.4 is 5.32 Å². The highest BCUT2D eigenvalue weighted by atomic mass is 32.1. The molecule has 2 amide bonds. The van der Waals surface area contributed by atoms with Gasteiger partial charge in [0.05, 0.1) is 16.1 Å². The van der Waals surface area contributed by atoms with Crippen LogP contribution in [0.1, 0.15) is 17.5 Å². The number of likely N-dealkylation sites (tertiary alicyclic amines) is 1. The van der Waals surface area contributed by atoms with Crippen molar-refractivity contribution in [1.82, 2.24) is 9.88 Å². The summed E-state index contributed by atoms with van der Waals surface area (Å²) in [6.45, 7) is 2.91. The average molecular weight is 397 g/mol. The second-order valence-electron chi connectivity index (χ2n) is 7.05. The van der Waals surface area contributed by atoms with Crippen LogP contribution in [0.3, 0.4) is 0 Å². The largest absolute Gasteiger partial charge is 0.342 e. The molecule has 1 aliphatic rings. The number of rotatable bonds is 5. The van der Waals surface area contributed by atoms with Gasteiger partial charge in [-0.3, -0.25) is 9.59 Å². The number of aromatic nitrogens is 1. The maximum absolute atomic E-state index is 13.0. The third-order valence-electron chi connectivity index (χ3n) is 5.02. The first-order valence-corrected chi connectivity index (χ1v) is 10.0. The molecule has 28 heavy (non-hydrogen) atoms. The van der Waals surface area contributed by atoms with Crippen molar-refractivity contribution in [3.63, 3.8) is 0 Å². The molecule has 5 nitrogen and oxygen atoms in total. The molecule has 7 heteroatoms. The Bertz CT molecular complexity index is 1030. The van der Waals surface area contributed by atoms with Crippen LogP contribution in [0.5, 0.6) is 0 Å². The average Bonchev–Trinajstić information content (AvgIpc) is 3.25. The summed E-state index contributed by atoms with van der Waals surface area (Å²) in [6.07, 6.45) is 0.844. The minimum absolute atomic E-state index is 0.0255. The number of nitrogens with one attached hydrogen (secondary N) is 1. The first-order chi connectivity index (χ1) is 13.5. The molecular formula is C21H20FN3O2S. The van der Waals surface area contributed by atoms with Crippen molar-refractivity contribution in [2.24, 2.45) is 5.92 Å². The summed E-state index contributed by atoms with van der Waals surface area (Å²) in [5.74, 6) is -0.853. The monoisotopic (exact) mass is 397 g/mol. The van der Waals surface area contributed by atoms with Gasteiger partial charge in [-0.25, -0.2) is 9.37 Å². The zero-order valence-corrected chi connectivity index (χ0v) is 16.3. The number of anilines is 1. The Morgan fingerprint density at radius 2 is 2.07 bits per heavy atom. The minimum atomic E-state index is -0.381. The highest BCUT2D eigenvalue weighted by Crippen LogP contribution is 2.29. The zero-order valence-electron chi connectivity index (χ0n) is 15.4. The van der Waals surface area contributed by atoms with Crippen LogP contribution in [-0.2, 0) is 16.0 Å². The van der Waals surface area contributed by atoms with Crippen LogP contribution in [0.2, 0.25) is 0 Å². The van der Waals surface area contributed by atoms with Gasteiger partial charge in [0.1, 0.15) is 5.82 Å². The van der Waals surface area contributed by atoms with Crippen LogP contribution in [0.4, 0.5) is 9.52 Å². The summed E-state index contributed by atoms with van der Waals surface area (Å²) in [5.41, 5.74) is 2.93. The molecule has 1 N–H and O–H groups in total. The van der Waals surface area contributed by atoms with E-state index in [-0.39, 0.29) is 30.0 Å². The van der Waals surface area contributed by atoms with Crippen LogP contribution in [0.25, 0.3) is 10.2 Å². The number of benzene rings is 2. The molecule has 144 valence electrons. The highest BCUT2D eigenvalue weighted by molar-refractivity contribution is 7.22. The Labute approximate surface area is 166 Å². The number of halogens is 1. The van der Waals surface area contributed by atoms with Gasteiger partial charge in [0.15, 0.2) is 5.13 Å².